The lowest BCUT2D eigenvalue weighted by Gasteiger charge is -1.99. The third-order valence-electron chi connectivity index (χ3n) is 2.77. The van der Waals surface area contributed by atoms with Crippen molar-refractivity contribution in [3.8, 4) is 11.4 Å². The monoisotopic (exact) mass is 225 g/mol. The largest absolute Gasteiger partial charge is 0.338 e. The van der Waals surface area contributed by atoms with Gasteiger partial charge < -0.3 is 9.55 Å². The van der Waals surface area contributed by atoms with E-state index in [1.807, 2.05) is 30.3 Å². The zero-order chi connectivity index (χ0) is 11.8. The Balaban J connectivity index is 2.28. The molecule has 17 heavy (non-hydrogen) atoms. The molecule has 0 radical (unpaired) electrons. The molecule has 2 heterocycles. The number of benzene rings is 1. The van der Waals surface area contributed by atoms with Crippen molar-refractivity contribution in [2.75, 3.05) is 0 Å². The Morgan fingerprint density at radius 2 is 2.00 bits per heavy atom. The first-order valence-corrected chi connectivity index (χ1v) is 5.36. The van der Waals surface area contributed by atoms with Crippen molar-refractivity contribution in [1.29, 1.82) is 0 Å². The van der Waals surface area contributed by atoms with E-state index in [9.17, 15) is 4.79 Å². The lowest BCUT2D eigenvalue weighted by Crippen LogP contribution is -2.17. The predicted molar refractivity (Wildman–Crippen MR) is 66.8 cm³/mol. The Morgan fingerprint density at radius 1 is 1.18 bits per heavy atom. The number of pyridine rings is 1. The number of fused-ring (bicyclic) bond motifs is 1. The van der Waals surface area contributed by atoms with E-state index in [1.165, 1.54) is 0 Å². The summed E-state index contributed by atoms with van der Waals surface area (Å²) >= 11 is 0. The number of aromatic amines is 1. The van der Waals surface area contributed by atoms with Crippen molar-refractivity contribution >= 4 is 11.0 Å². The van der Waals surface area contributed by atoms with Gasteiger partial charge in [0, 0.05) is 13.2 Å². The standard InChI is InChI=1S/C13H11N3O/c1-16-8-4-5-9(13(16)17)12-14-10-6-2-3-7-11(10)15-12/h2-8H,1H3,(H,14,15). The molecule has 0 aliphatic carbocycles. The zero-order valence-corrected chi connectivity index (χ0v) is 9.34. The topological polar surface area (TPSA) is 50.7 Å². The summed E-state index contributed by atoms with van der Waals surface area (Å²) < 4.78 is 1.54. The van der Waals surface area contributed by atoms with Crippen LogP contribution in [0.2, 0.25) is 0 Å². The molecule has 3 aromatic rings. The summed E-state index contributed by atoms with van der Waals surface area (Å²) in [6.45, 7) is 0. The fraction of sp³-hybridized carbons (Fsp3) is 0.0769. The number of aromatic nitrogens is 3. The van der Waals surface area contributed by atoms with Crippen LogP contribution in [0.25, 0.3) is 22.4 Å². The molecule has 0 aliphatic rings. The minimum absolute atomic E-state index is 0.0495. The maximum Gasteiger partial charge on any atom is 0.261 e. The molecule has 1 aromatic carbocycles. The maximum absolute atomic E-state index is 11.9. The van der Waals surface area contributed by atoms with Crippen LogP contribution in [0.1, 0.15) is 0 Å². The van der Waals surface area contributed by atoms with Crippen LogP contribution in [0.15, 0.2) is 47.4 Å². The van der Waals surface area contributed by atoms with Gasteiger partial charge in [0.2, 0.25) is 0 Å². The molecule has 4 heteroatoms. The minimum Gasteiger partial charge on any atom is -0.338 e. The summed E-state index contributed by atoms with van der Waals surface area (Å²) in [5, 5.41) is 0. The van der Waals surface area contributed by atoms with Crippen LogP contribution in [0.3, 0.4) is 0 Å². The van der Waals surface area contributed by atoms with Crippen molar-refractivity contribution in [2.45, 2.75) is 0 Å². The summed E-state index contributed by atoms with van der Waals surface area (Å²) in [5.41, 5.74) is 2.35. The number of nitrogens with zero attached hydrogens (tertiary/aromatic N) is 2. The first kappa shape index (κ1) is 9.84. The Bertz CT molecular complexity index is 707. The van der Waals surface area contributed by atoms with E-state index in [2.05, 4.69) is 9.97 Å². The predicted octanol–water partition coefficient (Wildman–Crippen LogP) is 1.93. The van der Waals surface area contributed by atoms with E-state index in [1.54, 1.807) is 23.9 Å². The number of nitrogens with one attached hydrogen (secondary N) is 1. The van der Waals surface area contributed by atoms with Gasteiger partial charge in [-0.2, -0.15) is 0 Å². The average Bonchev–Trinajstić information content (AvgIpc) is 2.76. The number of hydrogen-bond donors (Lipinski definition) is 1. The first-order chi connectivity index (χ1) is 8.25. The van der Waals surface area contributed by atoms with Crippen molar-refractivity contribution < 1.29 is 0 Å². The Hall–Kier alpha value is -2.36. The summed E-state index contributed by atoms with van der Waals surface area (Å²) in [5.74, 6) is 0.618. The minimum atomic E-state index is -0.0495. The highest BCUT2D eigenvalue weighted by Gasteiger charge is 2.08. The molecule has 0 unspecified atom stereocenters. The lowest BCUT2D eigenvalue weighted by molar-refractivity contribution is 0.861. The molecule has 0 saturated carbocycles. The second kappa shape index (κ2) is 3.59. The van der Waals surface area contributed by atoms with Gasteiger partial charge in [-0.25, -0.2) is 4.98 Å². The van der Waals surface area contributed by atoms with Crippen molar-refractivity contribution in [1.82, 2.24) is 14.5 Å². The molecular formula is C13H11N3O. The molecule has 84 valence electrons. The lowest BCUT2D eigenvalue weighted by atomic mass is 10.2. The molecule has 0 fully saturated rings. The van der Waals surface area contributed by atoms with Crippen molar-refractivity contribution in [3.05, 3.63) is 52.9 Å². The third kappa shape index (κ3) is 1.54. The molecule has 0 atom stereocenters. The van der Waals surface area contributed by atoms with E-state index in [4.69, 9.17) is 0 Å². The highest BCUT2D eigenvalue weighted by molar-refractivity contribution is 5.78. The number of H-pyrrole nitrogens is 1. The Labute approximate surface area is 97.6 Å². The van der Waals surface area contributed by atoms with Gasteiger partial charge in [-0.05, 0) is 24.3 Å². The third-order valence-corrected chi connectivity index (χ3v) is 2.77. The molecular weight excluding hydrogens is 214 g/mol. The van der Waals surface area contributed by atoms with Crippen LogP contribution >= 0.6 is 0 Å². The van der Waals surface area contributed by atoms with Crippen LogP contribution in [0.4, 0.5) is 0 Å². The van der Waals surface area contributed by atoms with Crippen LogP contribution < -0.4 is 5.56 Å². The summed E-state index contributed by atoms with van der Waals surface area (Å²) in [4.78, 5) is 19.5. The molecule has 1 N–H and O–H groups in total. The van der Waals surface area contributed by atoms with Gasteiger partial charge in [0.1, 0.15) is 5.82 Å². The second-order valence-corrected chi connectivity index (χ2v) is 3.94. The van der Waals surface area contributed by atoms with E-state index < -0.39 is 0 Å². The summed E-state index contributed by atoms with van der Waals surface area (Å²) in [6, 6.07) is 11.3. The summed E-state index contributed by atoms with van der Waals surface area (Å²) in [6.07, 6.45) is 1.73. The van der Waals surface area contributed by atoms with E-state index >= 15 is 0 Å². The molecule has 4 nitrogen and oxygen atoms in total. The van der Waals surface area contributed by atoms with Crippen molar-refractivity contribution in [3.63, 3.8) is 0 Å². The van der Waals surface area contributed by atoms with Crippen LogP contribution in [0, 0.1) is 0 Å². The van der Waals surface area contributed by atoms with Crippen molar-refractivity contribution in [2.24, 2.45) is 7.05 Å². The van der Waals surface area contributed by atoms with Gasteiger partial charge in [-0.3, -0.25) is 4.79 Å². The molecule has 0 amide bonds. The van der Waals surface area contributed by atoms with Gasteiger partial charge >= 0.3 is 0 Å². The van der Waals surface area contributed by atoms with Gasteiger partial charge in [-0.1, -0.05) is 12.1 Å². The normalized spacial score (nSPS) is 10.9. The smallest absolute Gasteiger partial charge is 0.261 e. The highest BCUT2D eigenvalue weighted by Crippen LogP contribution is 2.16. The van der Waals surface area contributed by atoms with Gasteiger partial charge in [0.15, 0.2) is 0 Å². The Morgan fingerprint density at radius 3 is 2.82 bits per heavy atom. The van der Waals surface area contributed by atoms with E-state index in [-0.39, 0.29) is 5.56 Å². The summed E-state index contributed by atoms with van der Waals surface area (Å²) in [7, 11) is 1.73. The number of imidazole rings is 1. The van der Waals surface area contributed by atoms with E-state index in [0.29, 0.717) is 11.4 Å². The number of para-hydroxylation sites is 2. The Kier molecular flexibility index (Phi) is 2.08. The number of hydrogen-bond acceptors (Lipinski definition) is 2. The van der Waals surface area contributed by atoms with Crippen LogP contribution in [0.5, 0.6) is 0 Å². The van der Waals surface area contributed by atoms with Crippen LogP contribution in [-0.2, 0) is 7.05 Å². The number of rotatable bonds is 1. The molecule has 2 aromatic heterocycles. The fourth-order valence-electron chi connectivity index (χ4n) is 1.86. The maximum atomic E-state index is 11.9. The first-order valence-electron chi connectivity index (χ1n) is 5.36. The molecule has 3 rings (SSSR count). The fourth-order valence-corrected chi connectivity index (χ4v) is 1.86. The highest BCUT2D eigenvalue weighted by atomic mass is 16.1. The SMILES string of the molecule is Cn1cccc(-c2nc3ccccc3[nH]2)c1=O. The average molecular weight is 225 g/mol. The second-order valence-electron chi connectivity index (χ2n) is 3.94. The quantitative estimate of drug-likeness (QED) is 0.688. The molecule has 0 aliphatic heterocycles. The van der Waals surface area contributed by atoms with Gasteiger partial charge in [0.25, 0.3) is 5.56 Å². The zero-order valence-electron chi connectivity index (χ0n) is 9.34. The number of aryl methyl sites for hydroxylation is 1. The molecule has 0 saturated heterocycles. The molecule has 0 bridgehead atoms. The van der Waals surface area contributed by atoms with Crippen LogP contribution in [-0.4, -0.2) is 14.5 Å². The van der Waals surface area contributed by atoms with E-state index in [0.717, 1.165) is 11.0 Å². The van der Waals surface area contributed by atoms with Gasteiger partial charge in [-0.15, -0.1) is 0 Å². The molecule has 0 spiro atoms. The van der Waals surface area contributed by atoms with Gasteiger partial charge in [0.05, 0.1) is 16.6 Å².